The Balaban J connectivity index is 1.75. The van der Waals surface area contributed by atoms with Crippen molar-refractivity contribution in [2.45, 2.75) is 11.4 Å². The highest BCUT2D eigenvalue weighted by Gasteiger charge is 2.31. The molecular weight excluding hydrogens is 420 g/mol. The first-order valence-electron chi connectivity index (χ1n) is 8.62. The van der Waals surface area contributed by atoms with Gasteiger partial charge in [-0.3, -0.25) is 4.79 Å². The molecule has 1 N–H and O–H groups in total. The zero-order valence-electron chi connectivity index (χ0n) is 15.6. The minimum atomic E-state index is -3.67. The maximum absolute atomic E-state index is 12.9. The van der Waals surface area contributed by atoms with Crippen LogP contribution in [0, 0.1) is 0 Å². The normalized spacial score (nSPS) is 15.2. The molecule has 1 saturated heterocycles. The summed E-state index contributed by atoms with van der Waals surface area (Å²) in [6.45, 7) is 1.14. The van der Waals surface area contributed by atoms with Crippen molar-refractivity contribution < 1.29 is 22.7 Å². The van der Waals surface area contributed by atoms with Crippen molar-refractivity contribution in [3.63, 3.8) is 0 Å². The number of carbonyl (C=O) groups excluding carboxylic acids is 1. The van der Waals surface area contributed by atoms with E-state index in [1.54, 1.807) is 49.6 Å². The van der Waals surface area contributed by atoms with Crippen LogP contribution in [0.4, 0.5) is 0 Å². The van der Waals surface area contributed by atoms with Crippen LogP contribution in [0.1, 0.15) is 15.2 Å². The molecule has 1 aliphatic rings. The summed E-state index contributed by atoms with van der Waals surface area (Å²) in [6, 6.07) is 6.82. The van der Waals surface area contributed by atoms with Crippen LogP contribution in [-0.2, 0) is 16.6 Å². The van der Waals surface area contributed by atoms with E-state index < -0.39 is 15.9 Å². The summed E-state index contributed by atoms with van der Waals surface area (Å²) in [5, 5.41) is 4.43. The third kappa shape index (κ3) is 4.45. The van der Waals surface area contributed by atoms with Gasteiger partial charge in [0.2, 0.25) is 10.0 Å². The lowest BCUT2D eigenvalue weighted by atomic mass is 10.2. The average Bonchev–Trinajstić information content (AvgIpc) is 3.23. The van der Waals surface area contributed by atoms with Gasteiger partial charge in [0, 0.05) is 42.8 Å². The Labute approximate surface area is 173 Å². The van der Waals surface area contributed by atoms with Crippen LogP contribution < -0.4 is 14.8 Å². The molecule has 1 fully saturated rings. The Morgan fingerprint density at radius 3 is 2.61 bits per heavy atom. The minimum Gasteiger partial charge on any atom is -0.497 e. The SMILES string of the molecule is COc1ccc(CNC(=O)c2sccc2S(=O)(=O)N2CCSCC2)c(OC)c1. The number of hydrogen-bond donors (Lipinski definition) is 1. The fourth-order valence-electron chi connectivity index (χ4n) is 2.85. The summed E-state index contributed by atoms with van der Waals surface area (Å²) in [7, 11) is -0.563. The van der Waals surface area contributed by atoms with Crippen LogP contribution in [0.2, 0.25) is 0 Å². The number of nitrogens with one attached hydrogen (secondary N) is 1. The van der Waals surface area contributed by atoms with E-state index in [0.29, 0.717) is 24.6 Å². The molecule has 2 aromatic rings. The van der Waals surface area contributed by atoms with Crippen LogP contribution in [0.25, 0.3) is 0 Å². The summed E-state index contributed by atoms with van der Waals surface area (Å²) in [5.74, 6) is 2.35. The first-order valence-corrected chi connectivity index (χ1v) is 12.1. The standard InChI is InChI=1S/C18H22N2O5S3/c1-24-14-4-3-13(15(11-14)25-2)12-19-18(21)17-16(5-8-27-17)28(22,23)20-6-9-26-10-7-20/h3-5,8,11H,6-7,9-10,12H2,1-2H3,(H,19,21). The number of nitrogens with zero attached hydrogens (tertiary/aromatic N) is 1. The zero-order valence-corrected chi connectivity index (χ0v) is 18.1. The number of thiophene rings is 1. The third-order valence-corrected chi connectivity index (χ3v) is 8.28. The van der Waals surface area contributed by atoms with Crippen LogP contribution >= 0.6 is 23.1 Å². The Morgan fingerprint density at radius 2 is 1.93 bits per heavy atom. The van der Waals surface area contributed by atoms with Crippen molar-refractivity contribution >= 4 is 39.0 Å². The number of rotatable bonds is 7. The van der Waals surface area contributed by atoms with Crippen LogP contribution in [0.3, 0.4) is 0 Å². The molecule has 0 radical (unpaired) electrons. The van der Waals surface area contributed by atoms with Crippen molar-refractivity contribution in [3.8, 4) is 11.5 Å². The van der Waals surface area contributed by atoms with E-state index in [2.05, 4.69) is 5.32 Å². The molecule has 0 unspecified atom stereocenters. The predicted octanol–water partition coefficient (Wildman–Crippen LogP) is 2.43. The van der Waals surface area contributed by atoms with E-state index in [4.69, 9.17) is 9.47 Å². The Kier molecular flexibility index (Phi) is 6.86. The van der Waals surface area contributed by atoms with E-state index >= 15 is 0 Å². The summed E-state index contributed by atoms with van der Waals surface area (Å²) in [6.07, 6.45) is 0. The highest BCUT2D eigenvalue weighted by molar-refractivity contribution is 7.99. The number of thioether (sulfide) groups is 1. The maximum atomic E-state index is 12.9. The largest absolute Gasteiger partial charge is 0.497 e. The second-order valence-electron chi connectivity index (χ2n) is 5.99. The predicted molar refractivity (Wildman–Crippen MR) is 111 cm³/mol. The van der Waals surface area contributed by atoms with Crippen LogP contribution in [0.15, 0.2) is 34.5 Å². The van der Waals surface area contributed by atoms with Gasteiger partial charge in [0.05, 0.1) is 14.2 Å². The second-order valence-corrected chi connectivity index (χ2v) is 10.0. The van der Waals surface area contributed by atoms with Gasteiger partial charge < -0.3 is 14.8 Å². The first-order chi connectivity index (χ1) is 13.5. The van der Waals surface area contributed by atoms with Gasteiger partial charge in [0.1, 0.15) is 21.3 Å². The topological polar surface area (TPSA) is 84.9 Å². The van der Waals surface area contributed by atoms with Crippen molar-refractivity contribution in [2.24, 2.45) is 0 Å². The van der Waals surface area contributed by atoms with Gasteiger partial charge in [-0.25, -0.2) is 8.42 Å². The van der Waals surface area contributed by atoms with Gasteiger partial charge in [-0.2, -0.15) is 16.1 Å². The molecule has 1 aliphatic heterocycles. The Morgan fingerprint density at radius 1 is 1.18 bits per heavy atom. The molecule has 7 nitrogen and oxygen atoms in total. The lowest BCUT2D eigenvalue weighted by molar-refractivity contribution is 0.0951. The fourth-order valence-corrected chi connectivity index (χ4v) is 6.74. The number of carbonyl (C=O) groups is 1. The van der Waals surface area contributed by atoms with Crippen molar-refractivity contribution in [2.75, 3.05) is 38.8 Å². The molecule has 10 heteroatoms. The number of methoxy groups -OCH3 is 2. The Bertz CT molecular complexity index is 936. The molecular formula is C18H22N2O5S3. The molecule has 2 heterocycles. The highest BCUT2D eigenvalue weighted by atomic mass is 32.2. The third-order valence-electron chi connectivity index (χ3n) is 4.36. The van der Waals surface area contributed by atoms with Gasteiger partial charge in [0.15, 0.2) is 0 Å². The monoisotopic (exact) mass is 442 g/mol. The molecule has 28 heavy (non-hydrogen) atoms. The lowest BCUT2D eigenvalue weighted by Crippen LogP contribution is -2.38. The van der Waals surface area contributed by atoms with E-state index in [9.17, 15) is 13.2 Å². The van der Waals surface area contributed by atoms with Gasteiger partial charge in [-0.1, -0.05) is 0 Å². The fraction of sp³-hybridized carbons (Fsp3) is 0.389. The summed E-state index contributed by atoms with van der Waals surface area (Å²) in [5.41, 5.74) is 0.769. The van der Waals surface area contributed by atoms with Gasteiger partial charge in [0.25, 0.3) is 5.91 Å². The second kappa shape index (κ2) is 9.17. The van der Waals surface area contributed by atoms with E-state index in [0.717, 1.165) is 28.4 Å². The summed E-state index contributed by atoms with van der Waals surface area (Å²) in [4.78, 5) is 13.0. The smallest absolute Gasteiger partial charge is 0.263 e. The number of hydrogen-bond acceptors (Lipinski definition) is 7. The number of sulfonamides is 1. The van der Waals surface area contributed by atoms with Gasteiger partial charge in [-0.15, -0.1) is 11.3 Å². The average molecular weight is 443 g/mol. The first kappa shape index (κ1) is 21.0. The molecule has 152 valence electrons. The maximum Gasteiger partial charge on any atom is 0.263 e. The van der Waals surface area contributed by atoms with E-state index in [1.807, 2.05) is 0 Å². The van der Waals surface area contributed by atoms with Crippen LogP contribution in [-0.4, -0.2) is 57.4 Å². The molecule has 1 amide bonds. The highest BCUT2D eigenvalue weighted by Crippen LogP contribution is 2.28. The Hall–Kier alpha value is -1.75. The van der Waals surface area contributed by atoms with Gasteiger partial charge >= 0.3 is 0 Å². The van der Waals surface area contributed by atoms with Crippen molar-refractivity contribution in [1.29, 1.82) is 0 Å². The molecule has 0 atom stereocenters. The van der Waals surface area contributed by atoms with E-state index in [1.165, 1.54) is 10.4 Å². The molecule has 1 aromatic carbocycles. The van der Waals surface area contributed by atoms with Crippen LogP contribution in [0.5, 0.6) is 11.5 Å². The summed E-state index contributed by atoms with van der Waals surface area (Å²) < 4.78 is 37.8. The number of ether oxygens (including phenoxy) is 2. The van der Waals surface area contributed by atoms with Gasteiger partial charge in [-0.05, 0) is 23.6 Å². The molecule has 0 aliphatic carbocycles. The molecule has 0 saturated carbocycles. The summed E-state index contributed by atoms with van der Waals surface area (Å²) >= 11 is 2.86. The zero-order chi connectivity index (χ0) is 20.1. The van der Waals surface area contributed by atoms with Crippen molar-refractivity contribution in [1.82, 2.24) is 9.62 Å². The lowest BCUT2D eigenvalue weighted by Gasteiger charge is -2.25. The number of benzene rings is 1. The molecule has 0 bridgehead atoms. The van der Waals surface area contributed by atoms with E-state index in [-0.39, 0.29) is 16.3 Å². The number of amides is 1. The molecule has 3 rings (SSSR count). The van der Waals surface area contributed by atoms with Crippen molar-refractivity contribution in [3.05, 3.63) is 40.1 Å². The molecule has 1 aromatic heterocycles. The minimum absolute atomic E-state index is 0.0728. The quantitative estimate of drug-likeness (QED) is 0.709. The molecule has 0 spiro atoms.